The van der Waals surface area contributed by atoms with Crippen molar-refractivity contribution in [1.29, 1.82) is 0 Å². The van der Waals surface area contributed by atoms with Crippen molar-refractivity contribution in [2.45, 2.75) is 31.7 Å². The molecule has 3 heterocycles. The molecule has 0 aliphatic carbocycles. The molecule has 1 saturated heterocycles. The fourth-order valence-electron chi connectivity index (χ4n) is 4.69. The third-order valence-corrected chi connectivity index (χ3v) is 6.31. The normalized spacial score (nSPS) is 16.1. The van der Waals surface area contributed by atoms with Crippen molar-refractivity contribution in [3.63, 3.8) is 0 Å². The highest BCUT2D eigenvalue weighted by Crippen LogP contribution is 2.26. The Morgan fingerprint density at radius 1 is 1.13 bits per heavy atom. The van der Waals surface area contributed by atoms with Crippen molar-refractivity contribution in [2.24, 2.45) is 7.05 Å². The van der Waals surface area contributed by atoms with Gasteiger partial charge < -0.3 is 9.42 Å². The Kier molecular flexibility index (Phi) is 4.90. The number of benzene rings is 2. The minimum Gasteiger partial charge on any atom is -0.356 e. The zero-order valence-electron chi connectivity index (χ0n) is 17.1. The summed E-state index contributed by atoms with van der Waals surface area (Å²) in [4.78, 5) is 15.2. The molecule has 0 spiro atoms. The van der Waals surface area contributed by atoms with Gasteiger partial charge in [-0.05, 0) is 56.5 Å². The molecule has 2 aromatic heterocycles. The van der Waals surface area contributed by atoms with Crippen molar-refractivity contribution in [1.82, 2.24) is 19.2 Å². The van der Waals surface area contributed by atoms with Crippen LogP contribution in [0.1, 0.15) is 31.0 Å². The number of para-hydroxylation sites is 2. The first-order valence-corrected chi connectivity index (χ1v) is 10.5. The Morgan fingerprint density at radius 2 is 1.90 bits per heavy atom. The summed E-state index contributed by atoms with van der Waals surface area (Å²) >= 11 is 0. The van der Waals surface area contributed by atoms with E-state index in [9.17, 15) is 9.18 Å². The van der Waals surface area contributed by atoms with Gasteiger partial charge in [0.25, 0.3) is 0 Å². The fourth-order valence-corrected chi connectivity index (χ4v) is 4.69. The lowest BCUT2D eigenvalue weighted by molar-refractivity contribution is 0.184. The number of nitrogens with zero attached hydrogens (tertiary/aromatic N) is 4. The van der Waals surface area contributed by atoms with E-state index < -0.39 is 0 Å². The van der Waals surface area contributed by atoms with E-state index in [2.05, 4.69) is 10.1 Å². The third-order valence-electron chi connectivity index (χ3n) is 6.31. The average molecular weight is 408 g/mol. The van der Waals surface area contributed by atoms with Crippen LogP contribution in [0.3, 0.4) is 0 Å². The van der Waals surface area contributed by atoms with Crippen LogP contribution in [-0.4, -0.2) is 38.8 Å². The second kappa shape index (κ2) is 7.72. The number of hydrogen-bond donors (Lipinski definition) is 0. The number of halogens is 1. The highest BCUT2D eigenvalue weighted by molar-refractivity contribution is 5.79. The van der Waals surface area contributed by atoms with E-state index in [1.165, 1.54) is 12.1 Å². The van der Waals surface area contributed by atoms with Crippen LogP contribution < -0.4 is 5.69 Å². The minimum atomic E-state index is -0.307. The molecule has 2 aromatic carbocycles. The van der Waals surface area contributed by atoms with Gasteiger partial charge in [0.05, 0.1) is 16.7 Å². The maximum atomic E-state index is 13.3. The van der Waals surface area contributed by atoms with Gasteiger partial charge in [0.2, 0.25) is 0 Å². The molecule has 0 unspecified atom stereocenters. The van der Waals surface area contributed by atoms with E-state index in [-0.39, 0.29) is 17.5 Å². The van der Waals surface area contributed by atoms with Crippen molar-refractivity contribution < 1.29 is 8.91 Å². The van der Waals surface area contributed by atoms with Crippen LogP contribution in [0.15, 0.2) is 51.8 Å². The summed E-state index contributed by atoms with van der Waals surface area (Å²) in [5.74, 6) is -0.307. The number of hydrogen-bond acceptors (Lipinski definition) is 4. The Bertz CT molecular complexity index is 1250. The second-order valence-corrected chi connectivity index (χ2v) is 8.15. The van der Waals surface area contributed by atoms with Crippen molar-refractivity contribution in [2.75, 3.05) is 19.6 Å². The van der Waals surface area contributed by atoms with Crippen molar-refractivity contribution in [3.8, 4) is 0 Å². The Morgan fingerprint density at radius 3 is 2.70 bits per heavy atom. The maximum Gasteiger partial charge on any atom is 0.329 e. The van der Waals surface area contributed by atoms with Crippen LogP contribution in [0.4, 0.5) is 4.39 Å². The molecule has 1 fully saturated rings. The number of likely N-dealkylation sites (tertiary alicyclic amines) is 1. The molecule has 0 atom stereocenters. The summed E-state index contributed by atoms with van der Waals surface area (Å²) in [6.45, 7) is 2.93. The van der Waals surface area contributed by atoms with Gasteiger partial charge in [-0.3, -0.25) is 9.13 Å². The van der Waals surface area contributed by atoms with Crippen molar-refractivity contribution >= 4 is 22.0 Å². The molecule has 0 N–H and O–H groups in total. The molecular weight excluding hydrogens is 383 g/mol. The van der Waals surface area contributed by atoms with E-state index in [4.69, 9.17) is 4.52 Å². The van der Waals surface area contributed by atoms with E-state index >= 15 is 0 Å². The first-order valence-electron chi connectivity index (χ1n) is 10.5. The van der Waals surface area contributed by atoms with Crippen molar-refractivity contribution in [3.05, 3.63) is 64.5 Å². The minimum absolute atomic E-state index is 0.0731. The van der Waals surface area contributed by atoms with Crippen LogP contribution >= 0.6 is 0 Å². The highest BCUT2D eigenvalue weighted by atomic mass is 19.1. The smallest absolute Gasteiger partial charge is 0.329 e. The van der Waals surface area contributed by atoms with Gasteiger partial charge in [-0.25, -0.2) is 9.18 Å². The van der Waals surface area contributed by atoms with Crippen LogP contribution in [0.5, 0.6) is 0 Å². The van der Waals surface area contributed by atoms with Gasteiger partial charge in [-0.2, -0.15) is 0 Å². The first-order chi connectivity index (χ1) is 14.6. The van der Waals surface area contributed by atoms with Crippen LogP contribution in [0.25, 0.3) is 22.0 Å². The molecule has 1 aliphatic rings. The Hall–Kier alpha value is -2.93. The summed E-state index contributed by atoms with van der Waals surface area (Å²) in [7, 11) is 1.85. The lowest BCUT2D eigenvalue weighted by Crippen LogP contribution is -2.38. The van der Waals surface area contributed by atoms with E-state index in [1.807, 2.05) is 35.9 Å². The van der Waals surface area contributed by atoms with Gasteiger partial charge in [-0.15, -0.1) is 0 Å². The number of imidazole rings is 1. The van der Waals surface area contributed by atoms with Gasteiger partial charge >= 0.3 is 5.69 Å². The monoisotopic (exact) mass is 408 g/mol. The topological polar surface area (TPSA) is 56.2 Å². The molecule has 30 heavy (non-hydrogen) atoms. The second-order valence-electron chi connectivity index (χ2n) is 8.15. The number of aryl methyl sites for hydroxylation is 2. The number of piperidine rings is 1. The van der Waals surface area contributed by atoms with E-state index in [0.717, 1.165) is 67.4 Å². The lowest BCUT2D eigenvalue weighted by atomic mass is 10.0. The van der Waals surface area contributed by atoms with Gasteiger partial charge in [0, 0.05) is 37.6 Å². The molecular formula is C23H25FN4O2. The quantitative estimate of drug-likeness (QED) is 0.503. The molecule has 0 saturated carbocycles. The molecule has 0 bridgehead atoms. The highest BCUT2D eigenvalue weighted by Gasteiger charge is 2.24. The lowest BCUT2D eigenvalue weighted by Gasteiger charge is -2.32. The predicted molar refractivity (Wildman–Crippen MR) is 114 cm³/mol. The molecule has 4 aromatic rings. The average Bonchev–Trinajstić information content (AvgIpc) is 3.27. The van der Waals surface area contributed by atoms with Gasteiger partial charge in [0.15, 0.2) is 5.58 Å². The summed E-state index contributed by atoms with van der Waals surface area (Å²) in [6, 6.07) is 12.8. The van der Waals surface area contributed by atoms with E-state index in [1.54, 1.807) is 10.6 Å². The number of fused-ring (bicyclic) bond motifs is 2. The zero-order chi connectivity index (χ0) is 20.7. The summed E-state index contributed by atoms with van der Waals surface area (Å²) in [6.07, 6.45) is 3.72. The van der Waals surface area contributed by atoms with Crippen LogP contribution in [0.2, 0.25) is 0 Å². The number of rotatable bonds is 5. The predicted octanol–water partition coefficient (Wildman–Crippen LogP) is 3.89. The summed E-state index contributed by atoms with van der Waals surface area (Å²) < 4.78 is 22.3. The first kappa shape index (κ1) is 19.1. The molecule has 1 aliphatic heterocycles. The summed E-state index contributed by atoms with van der Waals surface area (Å²) in [5.41, 5.74) is 3.49. The molecule has 6 nitrogen and oxygen atoms in total. The fraction of sp³-hybridized carbons (Fsp3) is 0.391. The Labute approximate surface area is 173 Å². The van der Waals surface area contributed by atoms with E-state index in [0.29, 0.717) is 5.58 Å². The van der Waals surface area contributed by atoms with Gasteiger partial charge in [-0.1, -0.05) is 17.3 Å². The van der Waals surface area contributed by atoms with Crippen LogP contribution in [-0.2, 0) is 13.5 Å². The van der Waals surface area contributed by atoms with Crippen LogP contribution in [0, 0.1) is 5.82 Å². The molecule has 0 amide bonds. The molecule has 0 radical (unpaired) electrons. The molecule has 7 heteroatoms. The Balaban J connectivity index is 1.20. The molecule has 5 rings (SSSR count). The molecule has 156 valence electrons. The zero-order valence-corrected chi connectivity index (χ0v) is 17.1. The SMILES string of the molecule is Cn1c(=O)n(C2CCN(CCCc3noc4cc(F)ccc34)CC2)c2ccccc21. The maximum absolute atomic E-state index is 13.3. The third kappa shape index (κ3) is 3.33. The largest absolute Gasteiger partial charge is 0.356 e. The standard InChI is InChI=1S/C23H25FN4O2/c1-26-20-6-2-3-7-21(20)28(23(26)29)17-10-13-27(14-11-17)12-4-5-19-18-9-8-16(24)15-22(18)30-25-19/h2-3,6-9,15,17H,4-5,10-14H2,1H3. The summed E-state index contributed by atoms with van der Waals surface area (Å²) in [5, 5.41) is 5.01. The number of aromatic nitrogens is 3. The van der Waals surface area contributed by atoms with Gasteiger partial charge in [0.1, 0.15) is 5.82 Å².